The van der Waals surface area contributed by atoms with Gasteiger partial charge in [-0.15, -0.1) is 54.1 Å². The van der Waals surface area contributed by atoms with Gasteiger partial charge in [-0.1, -0.05) is 113 Å². The Labute approximate surface area is 278 Å². The summed E-state index contributed by atoms with van der Waals surface area (Å²) in [6.07, 6.45) is 4.82. The van der Waals surface area contributed by atoms with Gasteiger partial charge in [0.2, 0.25) is 0 Å². The van der Waals surface area contributed by atoms with E-state index in [1.165, 1.54) is 21.9 Å². The molecule has 5 aromatic rings. The number of hydrogen-bond acceptors (Lipinski definition) is 2. The van der Waals surface area contributed by atoms with Crippen LogP contribution >= 0.6 is 0 Å². The molecule has 0 aliphatic rings. The first kappa shape index (κ1) is 35.2. The Kier molecular flexibility index (Phi) is 12.1. The van der Waals surface area contributed by atoms with Gasteiger partial charge in [-0.05, 0) is 45.6 Å². The molecular weight excluding hydrogens is 736 g/mol. The second kappa shape index (κ2) is 15.2. The number of benzene rings is 3. The van der Waals surface area contributed by atoms with E-state index in [-0.39, 0.29) is 31.3 Å². The largest absolute Gasteiger partial charge is 0.305 e. The van der Waals surface area contributed by atoms with Crippen LogP contribution in [-0.2, 0) is 26.5 Å². The van der Waals surface area contributed by atoms with Crippen LogP contribution in [0.15, 0.2) is 97.3 Å². The van der Waals surface area contributed by atoms with E-state index in [4.69, 9.17) is 0 Å². The molecule has 2 aromatic heterocycles. The van der Waals surface area contributed by atoms with Gasteiger partial charge < -0.3 is 9.97 Å². The maximum absolute atomic E-state index is 14.4. The van der Waals surface area contributed by atoms with E-state index >= 15 is 0 Å². The van der Waals surface area contributed by atoms with E-state index in [0.717, 1.165) is 17.7 Å². The van der Waals surface area contributed by atoms with Crippen LogP contribution in [0.4, 0.5) is 4.39 Å². The zero-order valence-electron chi connectivity index (χ0n) is 27.1. The Morgan fingerprint density at radius 3 is 2.16 bits per heavy atom. The Balaban J connectivity index is 0.000000237. The number of halogens is 1. The number of nitrogens with zero attached hydrogens (tertiary/aromatic N) is 2. The first-order valence-electron chi connectivity index (χ1n) is 15.0. The molecule has 0 saturated heterocycles. The molecule has 0 amide bonds. The SMILES string of the molecule is CC(c1ccccc1)c1ccnc(-c2[c-]cccc2)c1.Cc1cc[c-]c(-c2cc(CC(C)(C)C)c([Si](C)(C)C)cn2)c1F.[Ir]. The van der Waals surface area contributed by atoms with Crippen molar-refractivity contribution in [1.82, 2.24) is 9.97 Å². The molecule has 0 aliphatic heterocycles. The maximum Gasteiger partial charge on any atom is 0.0798 e. The zero-order chi connectivity index (χ0) is 31.2. The molecule has 0 N–H and O–H groups in total. The van der Waals surface area contributed by atoms with Crippen LogP contribution in [0.1, 0.15) is 55.9 Å². The fraction of sp³-hybridized carbons (Fsp3) is 0.282. The summed E-state index contributed by atoms with van der Waals surface area (Å²) >= 11 is 0. The maximum atomic E-state index is 14.4. The number of rotatable bonds is 6. The van der Waals surface area contributed by atoms with Gasteiger partial charge in [0, 0.05) is 44.2 Å². The molecule has 1 radical (unpaired) electrons. The Bertz CT molecular complexity index is 1640. The molecule has 1 unspecified atom stereocenters. The quantitative estimate of drug-likeness (QED) is 0.127. The van der Waals surface area contributed by atoms with Crippen LogP contribution < -0.4 is 5.19 Å². The van der Waals surface area contributed by atoms with Gasteiger partial charge in [-0.3, -0.25) is 4.39 Å². The van der Waals surface area contributed by atoms with Crippen molar-refractivity contribution >= 4 is 13.3 Å². The zero-order valence-corrected chi connectivity index (χ0v) is 30.5. The van der Waals surface area contributed by atoms with Crippen molar-refractivity contribution in [1.29, 1.82) is 0 Å². The van der Waals surface area contributed by atoms with Crippen molar-refractivity contribution in [2.45, 2.75) is 66.6 Å². The first-order valence-corrected chi connectivity index (χ1v) is 18.5. The molecule has 0 spiro atoms. The van der Waals surface area contributed by atoms with E-state index in [2.05, 4.69) is 112 Å². The van der Waals surface area contributed by atoms with Crippen LogP contribution in [-0.4, -0.2) is 18.0 Å². The fourth-order valence-corrected chi connectivity index (χ4v) is 6.72. The van der Waals surface area contributed by atoms with E-state index < -0.39 is 8.07 Å². The van der Waals surface area contributed by atoms with Crippen molar-refractivity contribution < 1.29 is 24.5 Å². The molecule has 0 bridgehead atoms. The standard InChI is InChI=1S/C20H27FNSi.C19H16N.Ir/c1-14-9-8-10-16(19(14)21)17-11-15(12-20(2,3)4)18(13-22-17)23(5,6)7;1-15(16-8-4-2-5-9-16)18-12-13-20-19(14-18)17-10-6-3-7-11-17;/h8-9,11,13H,12H2,1-7H3;2-10,12-15H,1H3;/q2*-1;. The number of aryl methyl sites for hydroxylation is 1. The molecule has 2 nitrogen and oxygen atoms in total. The summed E-state index contributed by atoms with van der Waals surface area (Å²) in [5.41, 5.74) is 7.89. The van der Waals surface area contributed by atoms with Crippen molar-refractivity contribution in [2.24, 2.45) is 5.41 Å². The minimum Gasteiger partial charge on any atom is -0.305 e. The molecule has 2 heterocycles. The average molecular weight is 779 g/mol. The second-order valence-corrected chi connectivity index (χ2v) is 18.5. The number of aromatic nitrogens is 2. The van der Waals surface area contributed by atoms with Crippen LogP contribution in [0.25, 0.3) is 22.5 Å². The Hall–Kier alpha value is -3.24. The third-order valence-corrected chi connectivity index (χ3v) is 9.54. The summed E-state index contributed by atoms with van der Waals surface area (Å²) in [7, 11) is -1.49. The predicted octanol–water partition coefficient (Wildman–Crippen LogP) is 9.83. The summed E-state index contributed by atoms with van der Waals surface area (Å²) in [5, 5.41) is 1.37. The Morgan fingerprint density at radius 2 is 1.52 bits per heavy atom. The van der Waals surface area contributed by atoms with Gasteiger partial charge in [0.05, 0.1) is 8.07 Å². The average Bonchev–Trinajstić information content (AvgIpc) is 2.98. The van der Waals surface area contributed by atoms with Crippen LogP contribution in [0.5, 0.6) is 0 Å². The van der Waals surface area contributed by atoms with E-state index in [1.54, 1.807) is 19.1 Å². The van der Waals surface area contributed by atoms with Crippen molar-refractivity contribution in [3.05, 3.63) is 138 Å². The third kappa shape index (κ3) is 9.38. The van der Waals surface area contributed by atoms with Gasteiger partial charge >= 0.3 is 0 Å². The second-order valence-electron chi connectivity index (χ2n) is 13.4. The Morgan fingerprint density at radius 1 is 0.818 bits per heavy atom. The van der Waals surface area contributed by atoms with Crippen molar-refractivity contribution in [2.75, 3.05) is 0 Å². The molecule has 44 heavy (non-hydrogen) atoms. The first-order chi connectivity index (χ1) is 20.3. The molecule has 3 aromatic carbocycles. The predicted molar refractivity (Wildman–Crippen MR) is 182 cm³/mol. The summed E-state index contributed by atoms with van der Waals surface area (Å²) in [6.45, 7) is 17.7. The van der Waals surface area contributed by atoms with E-state index in [9.17, 15) is 4.39 Å². The molecular formula is C39H43FIrN2Si-2. The topological polar surface area (TPSA) is 25.8 Å². The van der Waals surface area contributed by atoms with Gasteiger partial charge in [0.1, 0.15) is 0 Å². The molecule has 5 rings (SSSR count). The molecule has 1 atom stereocenters. The monoisotopic (exact) mass is 779 g/mol. The van der Waals surface area contributed by atoms with Crippen LogP contribution in [0.3, 0.4) is 0 Å². The summed E-state index contributed by atoms with van der Waals surface area (Å²) < 4.78 is 14.4. The van der Waals surface area contributed by atoms with Crippen LogP contribution in [0.2, 0.25) is 19.6 Å². The summed E-state index contributed by atoms with van der Waals surface area (Å²) in [6, 6.07) is 34.6. The van der Waals surface area contributed by atoms with Gasteiger partial charge in [0.15, 0.2) is 0 Å². The summed E-state index contributed by atoms with van der Waals surface area (Å²) in [5.74, 6) is 0.143. The fourth-order valence-electron chi connectivity index (χ4n) is 5.15. The minimum atomic E-state index is -1.49. The molecule has 0 fully saturated rings. The van der Waals surface area contributed by atoms with Gasteiger partial charge in [-0.25, -0.2) is 0 Å². The van der Waals surface area contributed by atoms with Crippen molar-refractivity contribution in [3.63, 3.8) is 0 Å². The number of pyridine rings is 2. The van der Waals surface area contributed by atoms with Crippen molar-refractivity contribution in [3.8, 4) is 22.5 Å². The van der Waals surface area contributed by atoms with E-state index in [1.807, 2.05) is 42.7 Å². The van der Waals surface area contributed by atoms with Gasteiger partial charge in [0.25, 0.3) is 0 Å². The minimum absolute atomic E-state index is 0. The molecule has 0 saturated carbocycles. The normalized spacial score (nSPS) is 12.0. The molecule has 0 aliphatic carbocycles. The molecule has 5 heteroatoms. The van der Waals surface area contributed by atoms with Gasteiger partial charge in [-0.2, -0.15) is 0 Å². The number of hydrogen-bond donors (Lipinski definition) is 0. The summed E-state index contributed by atoms with van der Waals surface area (Å²) in [4.78, 5) is 9.03. The smallest absolute Gasteiger partial charge is 0.0798 e. The third-order valence-electron chi connectivity index (χ3n) is 7.47. The molecule has 231 valence electrons. The van der Waals surface area contributed by atoms with Crippen LogP contribution in [0, 0.1) is 30.3 Å². The van der Waals surface area contributed by atoms with E-state index in [0.29, 0.717) is 22.7 Å².